The minimum Gasteiger partial charge on any atom is -0.373 e. The first-order chi connectivity index (χ1) is 6.95. The van der Waals surface area contributed by atoms with E-state index in [1.165, 1.54) is 11.0 Å². The molecule has 0 saturated carbocycles. The summed E-state index contributed by atoms with van der Waals surface area (Å²) in [5.74, 6) is 0. The molecule has 1 aromatic rings. The van der Waals surface area contributed by atoms with E-state index in [-0.39, 0.29) is 0 Å². The van der Waals surface area contributed by atoms with E-state index in [4.69, 9.17) is 11.1 Å². The van der Waals surface area contributed by atoms with Crippen molar-refractivity contribution in [2.45, 2.75) is 12.7 Å². The van der Waals surface area contributed by atoms with Gasteiger partial charge in [0, 0.05) is 5.56 Å². The summed E-state index contributed by atoms with van der Waals surface area (Å²) in [6.07, 6.45) is -4.24. The second-order valence-corrected chi connectivity index (χ2v) is 2.54. The van der Waals surface area contributed by atoms with Gasteiger partial charge in [-0.2, -0.15) is 13.2 Å². The first kappa shape index (κ1) is 13.3. The maximum absolute atomic E-state index is 12.1. The molecule has 82 valence electrons. The molecule has 0 aliphatic rings. The van der Waals surface area contributed by atoms with Crippen LogP contribution in [-0.4, -0.2) is 0 Å². The second kappa shape index (κ2) is 5.90. The third-order valence-electron chi connectivity index (χ3n) is 1.54. The van der Waals surface area contributed by atoms with Crippen molar-refractivity contribution in [3.8, 4) is 0 Å². The van der Waals surface area contributed by atoms with E-state index in [1.807, 2.05) is 0 Å². The zero-order valence-corrected chi connectivity index (χ0v) is 7.70. The first-order valence-corrected chi connectivity index (χ1v) is 3.89. The number of benzene rings is 1. The van der Waals surface area contributed by atoms with E-state index in [0.717, 1.165) is 12.1 Å². The number of quaternary nitrogens is 1. The molecule has 0 heterocycles. The molecule has 0 amide bonds. The fourth-order valence-corrected chi connectivity index (χ4v) is 0.903. The summed E-state index contributed by atoms with van der Waals surface area (Å²) in [4.78, 5) is 1.50. The van der Waals surface area contributed by atoms with Crippen molar-refractivity contribution in [1.82, 2.24) is 0 Å². The number of halogens is 3. The Hall–Kier alpha value is -1.72. The monoisotopic (exact) mass is 218 g/mol. The maximum atomic E-state index is 12.1. The van der Waals surface area contributed by atoms with Gasteiger partial charge in [0.25, 0.3) is 0 Å². The molecule has 7 heteroatoms. The van der Waals surface area contributed by atoms with E-state index in [1.54, 1.807) is 6.07 Å². The van der Waals surface area contributed by atoms with Crippen LogP contribution in [0, 0.1) is 0 Å². The maximum Gasteiger partial charge on any atom is 0.416 e. The van der Waals surface area contributed by atoms with Gasteiger partial charge in [-0.15, -0.1) is 0 Å². The lowest BCUT2D eigenvalue weighted by Gasteiger charge is -2.06. The van der Waals surface area contributed by atoms with E-state index in [9.17, 15) is 13.2 Å². The largest absolute Gasteiger partial charge is 0.416 e. The number of rotatable bonds is 1. The molecule has 0 aliphatic carbocycles. The highest BCUT2D eigenvalue weighted by Gasteiger charge is 2.30. The summed E-state index contributed by atoms with van der Waals surface area (Å²) in [7, 11) is 0. The molecule has 0 unspecified atom stereocenters. The SMILES string of the molecule is [N-]=[N+]=[N-].[NH3+]Cc1cccc(C(F)(F)F)c1. The van der Waals surface area contributed by atoms with Crippen molar-refractivity contribution in [2.75, 3.05) is 0 Å². The highest BCUT2D eigenvalue weighted by Crippen LogP contribution is 2.29. The molecule has 15 heavy (non-hydrogen) atoms. The van der Waals surface area contributed by atoms with Crippen molar-refractivity contribution in [3.05, 3.63) is 51.4 Å². The summed E-state index contributed by atoms with van der Waals surface area (Å²) < 4.78 is 36.3. The van der Waals surface area contributed by atoms with Gasteiger partial charge in [-0.1, -0.05) is 12.1 Å². The molecule has 1 rings (SSSR count). The van der Waals surface area contributed by atoms with Gasteiger partial charge < -0.3 is 16.8 Å². The van der Waals surface area contributed by atoms with Gasteiger partial charge in [0.05, 0.1) is 12.1 Å². The van der Waals surface area contributed by atoms with Crippen LogP contribution in [0.5, 0.6) is 0 Å². The molecule has 0 saturated heterocycles. The zero-order chi connectivity index (χ0) is 11.9. The summed E-state index contributed by atoms with van der Waals surface area (Å²) in [5, 5.41) is 0. The number of nitrogens with zero attached hydrogens (tertiary/aromatic N) is 3. The number of hydrogen-bond donors (Lipinski definition) is 1. The van der Waals surface area contributed by atoms with E-state index >= 15 is 0 Å². The molecule has 0 aliphatic heterocycles. The van der Waals surface area contributed by atoms with Crippen molar-refractivity contribution >= 4 is 0 Å². The van der Waals surface area contributed by atoms with Crippen LogP contribution >= 0.6 is 0 Å². The molecular weight excluding hydrogens is 209 g/mol. The average Bonchev–Trinajstić information content (AvgIpc) is 2.18. The topological polar surface area (TPSA) is 86.3 Å². The van der Waals surface area contributed by atoms with E-state index < -0.39 is 11.7 Å². The molecule has 0 fully saturated rings. The number of hydrogen-bond acceptors (Lipinski definition) is 0. The molecule has 0 atom stereocenters. The average molecular weight is 218 g/mol. The van der Waals surface area contributed by atoms with Crippen LogP contribution in [-0.2, 0) is 12.7 Å². The Kier molecular flexibility index (Phi) is 5.22. The molecule has 3 N–H and O–H groups in total. The van der Waals surface area contributed by atoms with Crippen LogP contribution in [0.1, 0.15) is 11.1 Å². The minimum absolute atomic E-state index is 0.379. The van der Waals surface area contributed by atoms with Gasteiger partial charge in [0.15, 0.2) is 0 Å². The number of alkyl halides is 3. The van der Waals surface area contributed by atoms with Crippen LogP contribution in [0.4, 0.5) is 13.2 Å². The Morgan fingerprint density at radius 1 is 1.27 bits per heavy atom. The second-order valence-electron chi connectivity index (χ2n) is 2.54. The standard InChI is InChI=1S/C8H8F3N.N3/c9-8(10,11)7-3-1-2-6(4-7)5-12;1-3-2/h1-4H,5,12H2;/q;-1/p+1. The Morgan fingerprint density at radius 3 is 2.20 bits per heavy atom. The summed E-state index contributed by atoms with van der Waals surface area (Å²) >= 11 is 0. The fourth-order valence-electron chi connectivity index (χ4n) is 0.903. The van der Waals surface area contributed by atoms with Crippen LogP contribution in [0.2, 0.25) is 0 Å². The fraction of sp³-hybridized carbons (Fsp3) is 0.250. The first-order valence-electron chi connectivity index (χ1n) is 3.89. The Bertz CT molecular complexity index is 342. The lowest BCUT2D eigenvalue weighted by Crippen LogP contribution is -2.47. The van der Waals surface area contributed by atoms with Crippen molar-refractivity contribution < 1.29 is 18.9 Å². The Labute approximate surface area is 83.9 Å². The lowest BCUT2D eigenvalue weighted by atomic mass is 10.1. The molecule has 1 aromatic carbocycles. The molecular formula is C8H9F3N4. The van der Waals surface area contributed by atoms with Gasteiger partial charge in [-0.3, -0.25) is 4.91 Å². The Balaban J connectivity index is 0.000000583. The van der Waals surface area contributed by atoms with Crippen LogP contribution in [0.3, 0.4) is 0 Å². The predicted molar refractivity (Wildman–Crippen MR) is 48.1 cm³/mol. The van der Waals surface area contributed by atoms with Crippen LogP contribution in [0.15, 0.2) is 24.3 Å². The molecule has 0 radical (unpaired) electrons. The quantitative estimate of drug-likeness (QED) is 0.426. The minimum atomic E-state index is -4.24. The third kappa shape index (κ3) is 4.90. The van der Waals surface area contributed by atoms with Gasteiger partial charge in [0.2, 0.25) is 0 Å². The molecule has 0 aromatic heterocycles. The van der Waals surface area contributed by atoms with Gasteiger partial charge in [-0.05, 0) is 12.1 Å². The smallest absolute Gasteiger partial charge is 0.373 e. The Morgan fingerprint density at radius 2 is 1.80 bits per heavy atom. The highest BCUT2D eigenvalue weighted by molar-refractivity contribution is 5.24. The van der Waals surface area contributed by atoms with E-state index in [2.05, 4.69) is 5.73 Å². The van der Waals surface area contributed by atoms with Crippen molar-refractivity contribution in [3.63, 3.8) is 0 Å². The van der Waals surface area contributed by atoms with Gasteiger partial charge >= 0.3 is 6.18 Å². The summed E-state index contributed by atoms with van der Waals surface area (Å²) in [5.41, 5.74) is 17.0. The van der Waals surface area contributed by atoms with E-state index in [0.29, 0.717) is 12.1 Å². The van der Waals surface area contributed by atoms with Gasteiger partial charge in [0.1, 0.15) is 0 Å². The molecule has 4 nitrogen and oxygen atoms in total. The summed E-state index contributed by atoms with van der Waals surface area (Å²) in [6.45, 7) is 0.379. The highest BCUT2D eigenvalue weighted by atomic mass is 19.4. The summed E-state index contributed by atoms with van der Waals surface area (Å²) in [6, 6.07) is 5.19. The van der Waals surface area contributed by atoms with Crippen LogP contribution in [0.25, 0.3) is 16.0 Å². The molecule has 0 spiro atoms. The lowest BCUT2D eigenvalue weighted by molar-refractivity contribution is -0.386. The molecule has 0 bridgehead atoms. The third-order valence-corrected chi connectivity index (χ3v) is 1.54. The van der Waals surface area contributed by atoms with Crippen molar-refractivity contribution in [1.29, 1.82) is 0 Å². The van der Waals surface area contributed by atoms with Crippen molar-refractivity contribution in [2.24, 2.45) is 0 Å². The van der Waals surface area contributed by atoms with Gasteiger partial charge in [-0.25, -0.2) is 0 Å². The normalized spacial score (nSPS) is 9.87. The zero-order valence-electron chi connectivity index (χ0n) is 7.70. The van der Waals surface area contributed by atoms with Crippen LogP contribution < -0.4 is 5.73 Å². The predicted octanol–water partition coefficient (Wildman–Crippen LogP) is 2.31.